The van der Waals surface area contributed by atoms with Crippen LogP contribution in [0.1, 0.15) is 12.0 Å². The van der Waals surface area contributed by atoms with Gasteiger partial charge in [0.2, 0.25) is 5.91 Å². The Balaban J connectivity index is 2.05. The standard InChI is InChI=1S/C19H21F2N5O/c1-25(2)17(18(23)27)13-8-19(20,21)11-26(10-13)15-6-5-12(9-22)16-14(15)4-3-7-24-16/h3-7,13,17H,8,10-11H2,1-2H3,(H2,23,27)/t13-,17?/m0/s1. The number of pyridine rings is 1. The van der Waals surface area contributed by atoms with Crippen molar-refractivity contribution in [1.82, 2.24) is 9.88 Å². The van der Waals surface area contributed by atoms with Crippen LogP contribution in [-0.2, 0) is 4.79 Å². The molecule has 1 amide bonds. The molecule has 0 aliphatic carbocycles. The Morgan fingerprint density at radius 2 is 2.19 bits per heavy atom. The van der Waals surface area contributed by atoms with Gasteiger partial charge in [-0.3, -0.25) is 14.7 Å². The molecule has 2 atom stereocenters. The van der Waals surface area contributed by atoms with Gasteiger partial charge in [0.15, 0.2) is 0 Å². The third kappa shape index (κ3) is 3.69. The molecule has 1 fully saturated rings. The summed E-state index contributed by atoms with van der Waals surface area (Å²) in [4.78, 5) is 19.3. The number of hydrogen-bond acceptors (Lipinski definition) is 5. The number of anilines is 1. The van der Waals surface area contributed by atoms with Gasteiger partial charge in [-0.05, 0) is 38.4 Å². The summed E-state index contributed by atoms with van der Waals surface area (Å²) >= 11 is 0. The monoisotopic (exact) mass is 373 g/mol. The fourth-order valence-corrected chi connectivity index (χ4v) is 3.97. The molecule has 1 unspecified atom stereocenters. The molecule has 27 heavy (non-hydrogen) atoms. The van der Waals surface area contributed by atoms with Crippen molar-refractivity contribution >= 4 is 22.5 Å². The highest BCUT2D eigenvalue weighted by atomic mass is 19.3. The number of primary amides is 1. The average Bonchev–Trinajstić information content (AvgIpc) is 2.58. The van der Waals surface area contributed by atoms with Crippen LogP contribution in [0.15, 0.2) is 30.5 Å². The summed E-state index contributed by atoms with van der Waals surface area (Å²) in [6.45, 7) is -0.199. The molecule has 1 saturated heterocycles. The van der Waals surface area contributed by atoms with Crippen LogP contribution in [-0.4, -0.2) is 54.9 Å². The first-order chi connectivity index (χ1) is 12.7. The van der Waals surface area contributed by atoms with E-state index in [1.807, 2.05) is 0 Å². The minimum absolute atomic E-state index is 0.261. The van der Waals surface area contributed by atoms with E-state index in [0.29, 0.717) is 22.2 Å². The second kappa shape index (κ2) is 7.08. The van der Waals surface area contributed by atoms with Gasteiger partial charge in [0.25, 0.3) is 5.92 Å². The van der Waals surface area contributed by atoms with E-state index < -0.39 is 36.8 Å². The molecular weight excluding hydrogens is 352 g/mol. The summed E-state index contributed by atoms with van der Waals surface area (Å²) in [5, 5.41) is 9.91. The van der Waals surface area contributed by atoms with Crippen molar-refractivity contribution in [2.45, 2.75) is 18.4 Å². The van der Waals surface area contributed by atoms with Crippen LogP contribution in [0.25, 0.3) is 10.9 Å². The van der Waals surface area contributed by atoms with Gasteiger partial charge in [-0.25, -0.2) is 8.78 Å². The number of amides is 1. The highest BCUT2D eigenvalue weighted by Crippen LogP contribution is 2.38. The Morgan fingerprint density at radius 1 is 1.44 bits per heavy atom. The Hall–Kier alpha value is -2.79. The van der Waals surface area contributed by atoms with Crippen LogP contribution in [0.2, 0.25) is 0 Å². The van der Waals surface area contributed by atoms with E-state index in [1.165, 1.54) is 0 Å². The number of rotatable bonds is 4. The molecule has 1 aliphatic rings. The van der Waals surface area contributed by atoms with Gasteiger partial charge in [0.1, 0.15) is 6.07 Å². The maximum atomic E-state index is 14.5. The van der Waals surface area contributed by atoms with E-state index >= 15 is 0 Å². The summed E-state index contributed by atoms with van der Waals surface area (Å²) < 4.78 is 29.1. The van der Waals surface area contributed by atoms with Gasteiger partial charge < -0.3 is 10.6 Å². The number of nitrogens with two attached hydrogens (primary N) is 1. The lowest BCUT2D eigenvalue weighted by Crippen LogP contribution is -2.56. The number of halogens is 2. The number of hydrogen-bond donors (Lipinski definition) is 1. The van der Waals surface area contributed by atoms with Gasteiger partial charge in [0.05, 0.1) is 23.7 Å². The quantitative estimate of drug-likeness (QED) is 0.886. The molecule has 2 heterocycles. The third-order valence-corrected chi connectivity index (χ3v) is 4.94. The maximum Gasteiger partial charge on any atom is 0.265 e. The molecular formula is C19H21F2N5O. The van der Waals surface area contributed by atoms with Gasteiger partial charge in [0, 0.05) is 36.2 Å². The van der Waals surface area contributed by atoms with Crippen LogP contribution in [0, 0.1) is 17.2 Å². The topological polar surface area (TPSA) is 86.2 Å². The molecule has 1 aliphatic heterocycles. The van der Waals surface area contributed by atoms with E-state index in [4.69, 9.17) is 5.73 Å². The lowest BCUT2D eigenvalue weighted by molar-refractivity contribution is -0.126. The van der Waals surface area contributed by atoms with Gasteiger partial charge in [-0.15, -0.1) is 0 Å². The number of aromatic nitrogens is 1. The van der Waals surface area contributed by atoms with E-state index in [-0.39, 0.29) is 6.54 Å². The SMILES string of the molecule is CN(C)C(C(N)=O)[C@@H]1CN(c2ccc(C#N)c3ncccc23)CC(F)(F)C1. The Kier molecular flexibility index (Phi) is 4.98. The smallest absolute Gasteiger partial charge is 0.265 e. The average molecular weight is 373 g/mol. The molecule has 2 aromatic rings. The summed E-state index contributed by atoms with van der Waals surface area (Å²) in [6.07, 6.45) is 1.16. The number of benzene rings is 1. The number of likely N-dealkylation sites (N-methyl/N-ethyl adjacent to an activating group) is 1. The lowest BCUT2D eigenvalue weighted by atomic mass is 9.87. The Labute approximate surface area is 156 Å². The fourth-order valence-electron chi connectivity index (χ4n) is 3.97. The lowest BCUT2D eigenvalue weighted by Gasteiger charge is -2.42. The first kappa shape index (κ1) is 19.0. The normalized spacial score (nSPS) is 20.4. The van der Waals surface area contributed by atoms with Crippen molar-refractivity contribution in [2.75, 3.05) is 32.1 Å². The van der Waals surface area contributed by atoms with Crippen LogP contribution in [0.3, 0.4) is 0 Å². The number of alkyl halides is 2. The first-order valence-electron chi connectivity index (χ1n) is 8.60. The predicted molar refractivity (Wildman–Crippen MR) is 98.4 cm³/mol. The van der Waals surface area contributed by atoms with Crippen LogP contribution < -0.4 is 10.6 Å². The Morgan fingerprint density at radius 3 is 2.81 bits per heavy atom. The van der Waals surface area contributed by atoms with Gasteiger partial charge in [-0.2, -0.15) is 5.26 Å². The van der Waals surface area contributed by atoms with E-state index in [9.17, 15) is 18.8 Å². The van der Waals surface area contributed by atoms with E-state index in [0.717, 1.165) is 0 Å². The molecule has 0 spiro atoms. The van der Waals surface area contributed by atoms with E-state index in [1.54, 1.807) is 54.4 Å². The third-order valence-electron chi connectivity index (χ3n) is 4.94. The van der Waals surface area contributed by atoms with Crippen LogP contribution in [0.5, 0.6) is 0 Å². The fraction of sp³-hybridized carbons (Fsp3) is 0.421. The van der Waals surface area contributed by atoms with Crippen molar-refractivity contribution in [3.63, 3.8) is 0 Å². The zero-order chi connectivity index (χ0) is 19.8. The molecule has 0 saturated carbocycles. The molecule has 142 valence electrons. The first-order valence-corrected chi connectivity index (χ1v) is 8.60. The molecule has 8 heteroatoms. The maximum absolute atomic E-state index is 14.5. The minimum Gasteiger partial charge on any atom is -0.368 e. The predicted octanol–water partition coefficient (Wildman–Crippen LogP) is 1.98. The summed E-state index contributed by atoms with van der Waals surface area (Å²) in [6, 6.07) is 8.00. The molecule has 1 aromatic heterocycles. The number of piperidine rings is 1. The molecule has 6 nitrogen and oxygen atoms in total. The van der Waals surface area contributed by atoms with Crippen molar-refractivity contribution < 1.29 is 13.6 Å². The Bertz CT molecular complexity index is 909. The number of nitrogens with zero attached hydrogens (tertiary/aromatic N) is 4. The zero-order valence-electron chi connectivity index (χ0n) is 15.2. The van der Waals surface area contributed by atoms with Crippen LogP contribution >= 0.6 is 0 Å². The van der Waals surface area contributed by atoms with Crippen molar-refractivity contribution in [3.8, 4) is 6.07 Å². The van der Waals surface area contributed by atoms with Gasteiger partial charge >= 0.3 is 0 Å². The summed E-state index contributed by atoms with van der Waals surface area (Å²) in [5.41, 5.74) is 6.91. The number of fused-ring (bicyclic) bond motifs is 1. The summed E-state index contributed by atoms with van der Waals surface area (Å²) in [5.74, 6) is -4.20. The minimum atomic E-state index is -2.96. The number of carbonyl (C=O) groups excluding carboxylic acids is 1. The highest BCUT2D eigenvalue weighted by molar-refractivity contribution is 5.95. The highest BCUT2D eigenvalue weighted by Gasteiger charge is 2.45. The molecule has 0 bridgehead atoms. The van der Waals surface area contributed by atoms with E-state index in [2.05, 4.69) is 11.1 Å². The number of carbonyl (C=O) groups is 1. The second-order valence-electron chi connectivity index (χ2n) is 7.16. The van der Waals surface area contributed by atoms with Crippen LogP contribution in [0.4, 0.5) is 14.5 Å². The van der Waals surface area contributed by atoms with Crippen molar-refractivity contribution in [1.29, 1.82) is 5.26 Å². The number of nitriles is 1. The summed E-state index contributed by atoms with van der Waals surface area (Å²) in [7, 11) is 3.32. The molecule has 0 radical (unpaired) electrons. The molecule has 2 N–H and O–H groups in total. The molecule has 1 aromatic carbocycles. The van der Waals surface area contributed by atoms with Gasteiger partial charge in [-0.1, -0.05) is 0 Å². The van der Waals surface area contributed by atoms with Crippen molar-refractivity contribution in [3.05, 3.63) is 36.0 Å². The zero-order valence-corrected chi connectivity index (χ0v) is 15.2. The van der Waals surface area contributed by atoms with Crippen molar-refractivity contribution in [2.24, 2.45) is 11.7 Å². The molecule has 3 rings (SSSR count). The second-order valence-corrected chi connectivity index (χ2v) is 7.16. The largest absolute Gasteiger partial charge is 0.368 e.